The fourth-order valence-electron chi connectivity index (χ4n) is 3.89. The van der Waals surface area contributed by atoms with E-state index in [2.05, 4.69) is 9.97 Å². The zero-order valence-corrected chi connectivity index (χ0v) is 15.3. The Morgan fingerprint density at radius 2 is 1.93 bits per heavy atom. The van der Waals surface area contributed by atoms with Gasteiger partial charge in [-0.2, -0.15) is 0 Å². The van der Waals surface area contributed by atoms with Crippen molar-refractivity contribution in [2.24, 2.45) is 17.6 Å². The molecule has 1 aliphatic carbocycles. The van der Waals surface area contributed by atoms with Crippen molar-refractivity contribution in [3.63, 3.8) is 0 Å². The van der Waals surface area contributed by atoms with Crippen LogP contribution in [0, 0.1) is 11.8 Å². The number of hydrogen-bond acceptors (Lipinski definition) is 5. The number of fused-ring (bicyclic) bond motifs is 2. The Morgan fingerprint density at radius 3 is 2.62 bits per heavy atom. The average Bonchev–Trinajstić information content (AvgIpc) is 3.13. The summed E-state index contributed by atoms with van der Waals surface area (Å²) in [6.45, 7) is 1.41. The van der Waals surface area contributed by atoms with Crippen molar-refractivity contribution in [3.8, 4) is 11.6 Å². The van der Waals surface area contributed by atoms with E-state index in [4.69, 9.17) is 10.5 Å². The molecule has 5 rings (SSSR count). The Labute approximate surface area is 165 Å². The highest BCUT2D eigenvalue weighted by Gasteiger charge is 2.54. The number of piperidine rings is 1. The molecule has 1 saturated carbocycles. The maximum Gasteiger partial charge on any atom is 0.272 e. The summed E-state index contributed by atoms with van der Waals surface area (Å²) >= 11 is 0. The lowest BCUT2D eigenvalue weighted by atomic mass is 10.2. The lowest BCUT2D eigenvalue weighted by Crippen LogP contribution is -2.34. The standard InChI is InChI=1S/C21H18F2N4O2/c22-20(23)12-2-6-18(25-8-12)29-13-3-5-16-11(7-13)1-4-17(26-16)21(28)27-9-14-15(10-27)19(14)24/h1-8,14-15,19-20H,9-10,24H2/t14-,15+,19-. The van der Waals surface area contributed by atoms with E-state index in [1.54, 1.807) is 24.3 Å². The molecule has 2 N–H and O–H groups in total. The number of hydrogen-bond donors (Lipinski definition) is 1. The summed E-state index contributed by atoms with van der Waals surface area (Å²) in [6, 6.07) is 11.7. The van der Waals surface area contributed by atoms with Gasteiger partial charge in [-0.3, -0.25) is 4.79 Å². The van der Waals surface area contributed by atoms with E-state index < -0.39 is 6.43 Å². The number of rotatable bonds is 4. The van der Waals surface area contributed by atoms with Crippen LogP contribution in [0.15, 0.2) is 48.7 Å². The molecule has 29 heavy (non-hydrogen) atoms. The molecule has 2 aliphatic rings. The van der Waals surface area contributed by atoms with Crippen LogP contribution in [-0.2, 0) is 0 Å². The number of carbonyl (C=O) groups excluding carboxylic acids is 1. The largest absolute Gasteiger partial charge is 0.439 e. The van der Waals surface area contributed by atoms with Gasteiger partial charge >= 0.3 is 0 Å². The number of amides is 1. The second-order valence-corrected chi connectivity index (χ2v) is 7.50. The molecule has 1 aromatic carbocycles. The Balaban J connectivity index is 1.32. The minimum Gasteiger partial charge on any atom is -0.439 e. The minimum absolute atomic E-state index is 0.0741. The number of halogens is 2. The second-order valence-electron chi connectivity index (χ2n) is 7.50. The maximum absolute atomic E-state index is 12.7. The van der Waals surface area contributed by atoms with Crippen LogP contribution >= 0.6 is 0 Å². The molecule has 8 heteroatoms. The highest BCUT2D eigenvalue weighted by atomic mass is 19.3. The maximum atomic E-state index is 12.7. The summed E-state index contributed by atoms with van der Waals surface area (Å²) in [4.78, 5) is 22.9. The van der Waals surface area contributed by atoms with Crippen molar-refractivity contribution in [1.82, 2.24) is 14.9 Å². The SMILES string of the molecule is N[C@H]1[C@H]2CN(C(=O)c3ccc4cc(Oc5ccc(C(F)F)cn5)ccc4n3)C[C@@H]12. The van der Waals surface area contributed by atoms with E-state index in [0.717, 1.165) is 11.6 Å². The molecule has 3 atom stereocenters. The lowest BCUT2D eigenvalue weighted by Gasteiger charge is -2.18. The zero-order chi connectivity index (χ0) is 20.1. The summed E-state index contributed by atoms with van der Waals surface area (Å²) in [7, 11) is 0. The molecule has 6 nitrogen and oxygen atoms in total. The summed E-state index contributed by atoms with van der Waals surface area (Å²) in [5.74, 6) is 1.52. The van der Waals surface area contributed by atoms with E-state index in [-0.39, 0.29) is 23.4 Å². The van der Waals surface area contributed by atoms with Crippen LogP contribution in [0.3, 0.4) is 0 Å². The topological polar surface area (TPSA) is 81.3 Å². The number of aromatic nitrogens is 2. The van der Waals surface area contributed by atoms with Crippen LogP contribution in [0.5, 0.6) is 11.6 Å². The van der Waals surface area contributed by atoms with Crippen LogP contribution in [0.25, 0.3) is 10.9 Å². The molecule has 2 aromatic heterocycles. The first kappa shape index (κ1) is 17.9. The Bertz CT molecular complexity index is 1080. The smallest absolute Gasteiger partial charge is 0.272 e. The van der Waals surface area contributed by atoms with Gasteiger partial charge in [0.25, 0.3) is 12.3 Å². The molecule has 3 aromatic rings. The van der Waals surface area contributed by atoms with E-state index >= 15 is 0 Å². The Hall–Kier alpha value is -3.13. The van der Waals surface area contributed by atoms with Gasteiger partial charge in [-0.15, -0.1) is 0 Å². The number of likely N-dealkylation sites (tertiary alicyclic amines) is 1. The van der Waals surface area contributed by atoms with Gasteiger partial charge in [-0.1, -0.05) is 6.07 Å². The number of pyridine rings is 2. The third-order valence-electron chi connectivity index (χ3n) is 5.66. The van der Waals surface area contributed by atoms with E-state index in [0.29, 0.717) is 41.9 Å². The first-order valence-electron chi connectivity index (χ1n) is 9.37. The molecular weight excluding hydrogens is 378 g/mol. The third kappa shape index (κ3) is 3.29. The monoisotopic (exact) mass is 396 g/mol. The zero-order valence-electron chi connectivity index (χ0n) is 15.3. The number of benzene rings is 1. The third-order valence-corrected chi connectivity index (χ3v) is 5.66. The van der Waals surface area contributed by atoms with E-state index in [1.165, 1.54) is 12.1 Å². The van der Waals surface area contributed by atoms with E-state index in [1.807, 2.05) is 11.0 Å². The normalized spacial score (nSPS) is 22.8. The van der Waals surface area contributed by atoms with Gasteiger partial charge in [0, 0.05) is 42.3 Å². The fraction of sp³-hybridized carbons (Fsp3) is 0.286. The van der Waals surface area contributed by atoms with Crippen molar-refractivity contribution in [2.45, 2.75) is 12.5 Å². The van der Waals surface area contributed by atoms with Crippen LogP contribution in [0.1, 0.15) is 22.5 Å². The van der Waals surface area contributed by atoms with Gasteiger partial charge in [-0.05, 0) is 42.2 Å². The van der Waals surface area contributed by atoms with Crippen molar-refractivity contribution < 1.29 is 18.3 Å². The van der Waals surface area contributed by atoms with Gasteiger partial charge in [0.15, 0.2) is 0 Å². The average molecular weight is 396 g/mol. The van der Waals surface area contributed by atoms with Gasteiger partial charge in [0.05, 0.1) is 5.52 Å². The predicted octanol–water partition coefficient (Wildman–Crippen LogP) is 3.39. The molecule has 3 heterocycles. The van der Waals surface area contributed by atoms with Crippen molar-refractivity contribution in [1.29, 1.82) is 0 Å². The van der Waals surface area contributed by atoms with Crippen molar-refractivity contribution in [3.05, 3.63) is 59.9 Å². The summed E-state index contributed by atoms with van der Waals surface area (Å²) in [5, 5.41) is 0.801. The van der Waals surface area contributed by atoms with Crippen LogP contribution in [-0.4, -0.2) is 39.9 Å². The van der Waals surface area contributed by atoms with Crippen molar-refractivity contribution >= 4 is 16.8 Å². The number of nitrogens with zero attached hydrogens (tertiary/aromatic N) is 3. The van der Waals surface area contributed by atoms with E-state index in [9.17, 15) is 13.6 Å². The van der Waals surface area contributed by atoms with Crippen molar-refractivity contribution in [2.75, 3.05) is 13.1 Å². The van der Waals surface area contributed by atoms with Crippen LogP contribution in [0.4, 0.5) is 8.78 Å². The van der Waals surface area contributed by atoms with Crippen LogP contribution in [0.2, 0.25) is 0 Å². The molecule has 1 saturated heterocycles. The van der Waals surface area contributed by atoms with Gasteiger partial charge in [-0.25, -0.2) is 18.7 Å². The lowest BCUT2D eigenvalue weighted by molar-refractivity contribution is 0.0768. The molecule has 1 aliphatic heterocycles. The second kappa shape index (κ2) is 6.73. The minimum atomic E-state index is -2.57. The van der Waals surface area contributed by atoms with Gasteiger partial charge in [0.1, 0.15) is 11.4 Å². The number of ether oxygens (including phenoxy) is 1. The van der Waals surface area contributed by atoms with Crippen LogP contribution < -0.4 is 10.5 Å². The molecule has 148 valence electrons. The number of nitrogens with two attached hydrogens (primary N) is 1. The quantitative estimate of drug-likeness (QED) is 0.731. The molecule has 1 amide bonds. The summed E-state index contributed by atoms with van der Waals surface area (Å²) < 4.78 is 30.8. The summed E-state index contributed by atoms with van der Waals surface area (Å²) in [6.07, 6.45) is -1.47. The summed E-state index contributed by atoms with van der Waals surface area (Å²) in [5.41, 5.74) is 6.86. The molecular formula is C21H18F2N4O2. The molecule has 0 unspecified atom stereocenters. The molecule has 0 bridgehead atoms. The Morgan fingerprint density at radius 1 is 1.14 bits per heavy atom. The molecule has 0 radical (unpaired) electrons. The first-order chi connectivity index (χ1) is 14.0. The Kier molecular flexibility index (Phi) is 4.16. The first-order valence-corrected chi connectivity index (χ1v) is 9.37. The predicted molar refractivity (Wildman–Crippen MR) is 102 cm³/mol. The highest BCUT2D eigenvalue weighted by Crippen LogP contribution is 2.44. The highest BCUT2D eigenvalue weighted by molar-refractivity contribution is 5.95. The van der Waals surface area contributed by atoms with Gasteiger partial charge < -0.3 is 15.4 Å². The molecule has 2 fully saturated rings. The number of alkyl halides is 2. The number of carbonyl (C=O) groups is 1. The fourth-order valence-corrected chi connectivity index (χ4v) is 3.89. The van der Waals surface area contributed by atoms with Gasteiger partial charge in [0.2, 0.25) is 5.88 Å². The molecule has 0 spiro atoms.